The molecule has 4 nitrogen and oxygen atoms in total. The molecule has 0 amide bonds. The lowest BCUT2D eigenvalue weighted by molar-refractivity contribution is 0.258. The van der Waals surface area contributed by atoms with Crippen LogP contribution in [-0.2, 0) is 6.42 Å². The molecule has 3 rings (SSSR count). The van der Waals surface area contributed by atoms with Gasteiger partial charge >= 0.3 is 0 Å². The van der Waals surface area contributed by atoms with E-state index in [1.807, 2.05) is 6.33 Å². The Hall–Kier alpha value is -0.900. The van der Waals surface area contributed by atoms with E-state index in [2.05, 4.69) is 14.8 Å². The van der Waals surface area contributed by atoms with Crippen LogP contribution in [0.25, 0.3) is 0 Å². The molecule has 1 aromatic rings. The predicted octanol–water partition coefficient (Wildman–Crippen LogP) is 0.893. The Morgan fingerprint density at radius 1 is 1.43 bits per heavy atom. The van der Waals surface area contributed by atoms with Crippen molar-refractivity contribution in [2.24, 2.45) is 11.7 Å². The van der Waals surface area contributed by atoms with Gasteiger partial charge in [-0.2, -0.15) is 0 Å². The van der Waals surface area contributed by atoms with Gasteiger partial charge in [0.15, 0.2) is 0 Å². The van der Waals surface area contributed by atoms with Crippen LogP contribution in [0.15, 0.2) is 6.33 Å². The zero-order chi connectivity index (χ0) is 9.54. The molecule has 2 N–H and O–H groups in total. The van der Waals surface area contributed by atoms with Crippen molar-refractivity contribution in [2.45, 2.75) is 44.2 Å². The first-order valence-corrected chi connectivity index (χ1v) is 5.47. The van der Waals surface area contributed by atoms with Crippen molar-refractivity contribution >= 4 is 0 Å². The van der Waals surface area contributed by atoms with E-state index in [-0.39, 0.29) is 0 Å². The van der Waals surface area contributed by atoms with E-state index < -0.39 is 0 Å². The minimum atomic E-state index is 0.442. The van der Waals surface area contributed by atoms with Crippen LogP contribution < -0.4 is 5.73 Å². The SMILES string of the molecule is NC1CC(Cc2nncn2C2CC2)C1. The van der Waals surface area contributed by atoms with Crippen molar-refractivity contribution in [2.75, 3.05) is 0 Å². The predicted molar refractivity (Wildman–Crippen MR) is 52.7 cm³/mol. The molecule has 2 saturated carbocycles. The molecule has 0 aromatic carbocycles. The van der Waals surface area contributed by atoms with Crippen LogP contribution in [0.2, 0.25) is 0 Å². The Morgan fingerprint density at radius 2 is 2.21 bits per heavy atom. The van der Waals surface area contributed by atoms with Crippen LogP contribution in [0.1, 0.15) is 37.5 Å². The number of rotatable bonds is 3. The summed E-state index contributed by atoms with van der Waals surface area (Å²) in [5.74, 6) is 1.93. The maximum Gasteiger partial charge on any atom is 0.133 e. The van der Waals surface area contributed by atoms with Crippen molar-refractivity contribution in [1.82, 2.24) is 14.8 Å². The Morgan fingerprint density at radius 3 is 2.86 bits per heavy atom. The zero-order valence-corrected chi connectivity index (χ0v) is 8.26. The monoisotopic (exact) mass is 192 g/mol. The Bertz CT molecular complexity index is 323. The lowest BCUT2D eigenvalue weighted by Gasteiger charge is -2.32. The van der Waals surface area contributed by atoms with Gasteiger partial charge in [0.2, 0.25) is 0 Å². The summed E-state index contributed by atoms with van der Waals surface area (Å²) in [6, 6.07) is 1.14. The Kier molecular flexibility index (Phi) is 1.83. The third-order valence-electron chi connectivity index (χ3n) is 3.33. The molecule has 1 heterocycles. The van der Waals surface area contributed by atoms with E-state index in [1.165, 1.54) is 18.7 Å². The van der Waals surface area contributed by atoms with Gasteiger partial charge in [0.1, 0.15) is 12.2 Å². The second-order valence-electron chi connectivity index (χ2n) is 4.69. The summed E-state index contributed by atoms with van der Waals surface area (Å²) < 4.78 is 2.25. The summed E-state index contributed by atoms with van der Waals surface area (Å²) >= 11 is 0. The van der Waals surface area contributed by atoms with Gasteiger partial charge in [-0.1, -0.05) is 0 Å². The Labute approximate surface area is 83.5 Å². The van der Waals surface area contributed by atoms with Crippen molar-refractivity contribution in [3.8, 4) is 0 Å². The number of nitrogens with two attached hydrogens (primary N) is 1. The van der Waals surface area contributed by atoms with Gasteiger partial charge in [-0.05, 0) is 31.6 Å². The molecule has 0 aliphatic heterocycles. The van der Waals surface area contributed by atoms with Crippen LogP contribution >= 0.6 is 0 Å². The van der Waals surface area contributed by atoms with Gasteiger partial charge in [0, 0.05) is 18.5 Å². The first kappa shape index (κ1) is 8.41. The van der Waals surface area contributed by atoms with Crippen LogP contribution in [-0.4, -0.2) is 20.8 Å². The van der Waals surface area contributed by atoms with Crippen molar-refractivity contribution < 1.29 is 0 Å². The second-order valence-corrected chi connectivity index (χ2v) is 4.69. The molecule has 0 bridgehead atoms. The third kappa shape index (κ3) is 1.43. The maximum atomic E-state index is 5.77. The molecule has 0 spiro atoms. The number of nitrogens with zero attached hydrogens (tertiary/aromatic N) is 3. The molecule has 2 aliphatic rings. The molecule has 76 valence electrons. The first-order chi connectivity index (χ1) is 6.83. The van der Waals surface area contributed by atoms with Gasteiger partial charge in [0.25, 0.3) is 0 Å². The molecule has 2 fully saturated rings. The quantitative estimate of drug-likeness (QED) is 0.774. The third-order valence-corrected chi connectivity index (χ3v) is 3.33. The van der Waals surface area contributed by atoms with Crippen molar-refractivity contribution in [3.63, 3.8) is 0 Å². The fraction of sp³-hybridized carbons (Fsp3) is 0.800. The number of aromatic nitrogens is 3. The van der Waals surface area contributed by atoms with Crippen LogP contribution in [0.5, 0.6) is 0 Å². The van der Waals surface area contributed by atoms with E-state index in [9.17, 15) is 0 Å². The summed E-state index contributed by atoms with van der Waals surface area (Å²) in [6.07, 6.45) is 7.88. The summed E-state index contributed by atoms with van der Waals surface area (Å²) in [7, 11) is 0. The lowest BCUT2D eigenvalue weighted by atomic mass is 9.79. The van der Waals surface area contributed by atoms with Crippen molar-refractivity contribution in [3.05, 3.63) is 12.2 Å². The standard InChI is InChI=1S/C10H16N4/c11-8-3-7(4-8)5-10-13-12-6-14(10)9-1-2-9/h6-9H,1-5,11H2. The summed E-state index contributed by atoms with van der Waals surface area (Å²) in [5.41, 5.74) is 5.77. The normalized spacial score (nSPS) is 31.5. The largest absolute Gasteiger partial charge is 0.328 e. The average molecular weight is 192 g/mol. The minimum absolute atomic E-state index is 0.442. The summed E-state index contributed by atoms with van der Waals surface area (Å²) in [4.78, 5) is 0. The van der Waals surface area contributed by atoms with E-state index in [0.717, 1.165) is 25.2 Å². The lowest BCUT2D eigenvalue weighted by Crippen LogP contribution is -2.37. The number of hydrogen-bond acceptors (Lipinski definition) is 3. The molecule has 2 aliphatic carbocycles. The molecular formula is C10H16N4. The highest BCUT2D eigenvalue weighted by Gasteiger charge is 2.30. The second kappa shape index (κ2) is 3.05. The van der Waals surface area contributed by atoms with E-state index in [0.29, 0.717) is 12.1 Å². The summed E-state index contributed by atoms with van der Waals surface area (Å²) in [6.45, 7) is 0. The highest BCUT2D eigenvalue weighted by molar-refractivity contribution is 4.98. The fourth-order valence-electron chi connectivity index (χ4n) is 2.28. The maximum absolute atomic E-state index is 5.77. The molecular weight excluding hydrogens is 176 g/mol. The average Bonchev–Trinajstić information content (AvgIpc) is 2.85. The van der Waals surface area contributed by atoms with Gasteiger partial charge in [-0.15, -0.1) is 10.2 Å². The highest BCUT2D eigenvalue weighted by atomic mass is 15.3. The van der Waals surface area contributed by atoms with Gasteiger partial charge in [0.05, 0.1) is 0 Å². The number of hydrogen-bond donors (Lipinski definition) is 1. The fourth-order valence-corrected chi connectivity index (χ4v) is 2.28. The highest BCUT2D eigenvalue weighted by Crippen LogP contribution is 2.36. The molecule has 0 saturated heterocycles. The van der Waals surface area contributed by atoms with E-state index >= 15 is 0 Å². The molecule has 1 aromatic heterocycles. The molecule has 0 atom stereocenters. The van der Waals surface area contributed by atoms with E-state index in [1.54, 1.807) is 0 Å². The van der Waals surface area contributed by atoms with Crippen LogP contribution in [0.3, 0.4) is 0 Å². The minimum Gasteiger partial charge on any atom is -0.328 e. The first-order valence-electron chi connectivity index (χ1n) is 5.47. The molecule has 14 heavy (non-hydrogen) atoms. The van der Waals surface area contributed by atoms with Gasteiger partial charge in [-0.3, -0.25) is 0 Å². The van der Waals surface area contributed by atoms with Crippen molar-refractivity contribution in [1.29, 1.82) is 0 Å². The van der Waals surface area contributed by atoms with Crippen LogP contribution in [0, 0.1) is 5.92 Å². The Balaban J connectivity index is 1.67. The van der Waals surface area contributed by atoms with E-state index in [4.69, 9.17) is 5.73 Å². The van der Waals surface area contributed by atoms with Gasteiger partial charge < -0.3 is 10.3 Å². The molecule has 0 radical (unpaired) electrons. The smallest absolute Gasteiger partial charge is 0.133 e. The topological polar surface area (TPSA) is 56.7 Å². The van der Waals surface area contributed by atoms with Gasteiger partial charge in [-0.25, -0.2) is 0 Å². The zero-order valence-electron chi connectivity index (χ0n) is 8.26. The summed E-state index contributed by atoms with van der Waals surface area (Å²) in [5, 5.41) is 8.19. The van der Waals surface area contributed by atoms with Crippen LogP contribution in [0.4, 0.5) is 0 Å². The molecule has 0 unspecified atom stereocenters. The molecule has 4 heteroatoms.